The number of rotatable bonds is 7. The summed E-state index contributed by atoms with van der Waals surface area (Å²) in [6.07, 6.45) is 5.19. The normalized spacial score (nSPS) is 17.3. The van der Waals surface area contributed by atoms with Crippen molar-refractivity contribution in [1.29, 1.82) is 0 Å². The highest BCUT2D eigenvalue weighted by atomic mass is 16.6. The van der Waals surface area contributed by atoms with Crippen molar-refractivity contribution in [2.75, 3.05) is 20.2 Å². The van der Waals surface area contributed by atoms with E-state index in [2.05, 4.69) is 5.32 Å². The Labute approximate surface area is 164 Å². The van der Waals surface area contributed by atoms with Crippen LogP contribution in [0.4, 0.5) is 5.69 Å². The molecule has 0 radical (unpaired) electrons. The van der Waals surface area contributed by atoms with Crippen LogP contribution in [0.15, 0.2) is 52.1 Å². The van der Waals surface area contributed by atoms with Gasteiger partial charge in [-0.15, -0.1) is 0 Å². The van der Waals surface area contributed by atoms with Gasteiger partial charge in [-0.1, -0.05) is 12.1 Å². The fourth-order valence-electron chi connectivity index (χ4n) is 3.09. The standard InChI is InChI=1S/C20H26N4O4/c1-23(15-19-6-4-12-28-19)20(22-14-18-5-2-3-11-27-18)21-13-16-7-9-17(10-8-16)24(25)26/h4,6-10,12,18H,2-3,5,11,13-15H2,1H3,(H,21,22). The van der Waals surface area contributed by atoms with E-state index in [1.54, 1.807) is 18.4 Å². The summed E-state index contributed by atoms with van der Waals surface area (Å²) in [5.41, 5.74) is 0.987. The van der Waals surface area contributed by atoms with Crippen LogP contribution in [0.1, 0.15) is 30.6 Å². The Morgan fingerprint density at radius 1 is 1.32 bits per heavy atom. The van der Waals surface area contributed by atoms with Gasteiger partial charge in [0.15, 0.2) is 5.96 Å². The Morgan fingerprint density at radius 2 is 2.14 bits per heavy atom. The van der Waals surface area contributed by atoms with Crippen LogP contribution in [0.25, 0.3) is 0 Å². The number of nitrogens with one attached hydrogen (secondary N) is 1. The molecule has 0 spiro atoms. The second kappa shape index (κ2) is 9.89. The van der Waals surface area contributed by atoms with Crippen molar-refractivity contribution in [2.45, 2.75) is 38.5 Å². The minimum absolute atomic E-state index is 0.0791. The zero-order valence-electron chi connectivity index (χ0n) is 16.0. The highest BCUT2D eigenvalue weighted by Gasteiger charge is 2.16. The molecule has 2 aromatic rings. The van der Waals surface area contributed by atoms with E-state index in [1.165, 1.54) is 18.6 Å². The molecular formula is C20H26N4O4. The van der Waals surface area contributed by atoms with Gasteiger partial charge in [0.2, 0.25) is 0 Å². The number of ether oxygens (including phenoxy) is 1. The van der Waals surface area contributed by atoms with Gasteiger partial charge in [-0.2, -0.15) is 0 Å². The average molecular weight is 386 g/mol. The number of hydrogen-bond donors (Lipinski definition) is 1. The third-order valence-electron chi connectivity index (χ3n) is 4.66. The summed E-state index contributed by atoms with van der Waals surface area (Å²) >= 11 is 0. The Morgan fingerprint density at radius 3 is 2.79 bits per heavy atom. The maximum absolute atomic E-state index is 10.8. The number of aliphatic imine (C=N–C) groups is 1. The molecule has 0 saturated carbocycles. The Balaban J connectivity index is 1.66. The predicted molar refractivity (Wildman–Crippen MR) is 106 cm³/mol. The molecular weight excluding hydrogens is 360 g/mol. The van der Waals surface area contributed by atoms with E-state index in [0.29, 0.717) is 19.6 Å². The van der Waals surface area contributed by atoms with E-state index in [-0.39, 0.29) is 11.8 Å². The molecule has 150 valence electrons. The van der Waals surface area contributed by atoms with Crippen molar-refractivity contribution in [3.8, 4) is 0 Å². The van der Waals surface area contributed by atoms with Crippen molar-refractivity contribution in [2.24, 2.45) is 4.99 Å². The summed E-state index contributed by atoms with van der Waals surface area (Å²) in [6.45, 7) is 2.52. The van der Waals surface area contributed by atoms with Gasteiger partial charge < -0.3 is 19.4 Å². The molecule has 0 aliphatic carbocycles. The van der Waals surface area contributed by atoms with Crippen LogP contribution in [-0.2, 0) is 17.8 Å². The lowest BCUT2D eigenvalue weighted by Crippen LogP contribution is -2.43. The maximum Gasteiger partial charge on any atom is 0.269 e. The lowest BCUT2D eigenvalue weighted by atomic mass is 10.1. The van der Waals surface area contributed by atoms with E-state index in [0.717, 1.165) is 36.7 Å². The Kier molecular flexibility index (Phi) is 7.02. The van der Waals surface area contributed by atoms with Crippen LogP contribution < -0.4 is 5.32 Å². The smallest absolute Gasteiger partial charge is 0.269 e. The largest absolute Gasteiger partial charge is 0.467 e. The highest BCUT2D eigenvalue weighted by molar-refractivity contribution is 5.79. The summed E-state index contributed by atoms with van der Waals surface area (Å²) in [5.74, 6) is 1.59. The monoisotopic (exact) mass is 386 g/mol. The lowest BCUT2D eigenvalue weighted by Gasteiger charge is -2.26. The quantitative estimate of drug-likeness (QED) is 0.340. The third-order valence-corrected chi connectivity index (χ3v) is 4.66. The molecule has 0 amide bonds. The number of hydrogen-bond acceptors (Lipinski definition) is 5. The summed E-state index contributed by atoms with van der Waals surface area (Å²) in [6, 6.07) is 10.3. The van der Waals surface area contributed by atoms with Crippen molar-refractivity contribution in [3.05, 3.63) is 64.1 Å². The number of nitro groups is 1. The first-order valence-corrected chi connectivity index (χ1v) is 9.48. The molecule has 8 nitrogen and oxygen atoms in total. The topological polar surface area (TPSA) is 93.1 Å². The van der Waals surface area contributed by atoms with Crippen molar-refractivity contribution >= 4 is 11.6 Å². The van der Waals surface area contributed by atoms with Gasteiger partial charge >= 0.3 is 0 Å². The second-order valence-corrected chi connectivity index (χ2v) is 6.87. The number of nitrogens with zero attached hydrogens (tertiary/aromatic N) is 3. The van der Waals surface area contributed by atoms with Gasteiger partial charge in [0.05, 0.1) is 30.4 Å². The maximum atomic E-state index is 10.8. The van der Waals surface area contributed by atoms with Gasteiger partial charge in [0.25, 0.3) is 5.69 Å². The van der Waals surface area contributed by atoms with Crippen molar-refractivity contribution in [3.63, 3.8) is 0 Å². The summed E-state index contributed by atoms with van der Waals surface area (Å²) < 4.78 is 11.2. The SMILES string of the molecule is CN(Cc1ccco1)C(=NCc1ccc([N+](=O)[O-])cc1)NCC1CCCCO1. The van der Waals surface area contributed by atoms with Gasteiger partial charge in [0, 0.05) is 32.3 Å². The first kappa shape index (κ1) is 19.9. The fourth-order valence-corrected chi connectivity index (χ4v) is 3.09. The van der Waals surface area contributed by atoms with Crippen LogP contribution in [0.3, 0.4) is 0 Å². The number of furan rings is 1. The molecule has 1 aromatic heterocycles. The molecule has 1 atom stereocenters. The average Bonchev–Trinajstić information content (AvgIpc) is 3.22. The number of nitro benzene ring substituents is 1. The van der Waals surface area contributed by atoms with Crippen LogP contribution in [0.2, 0.25) is 0 Å². The van der Waals surface area contributed by atoms with E-state index < -0.39 is 4.92 Å². The Hall–Kier alpha value is -2.87. The van der Waals surface area contributed by atoms with Gasteiger partial charge in [-0.05, 0) is 37.0 Å². The van der Waals surface area contributed by atoms with Crippen LogP contribution in [0.5, 0.6) is 0 Å². The molecule has 28 heavy (non-hydrogen) atoms. The number of non-ortho nitro benzene ring substituents is 1. The first-order valence-electron chi connectivity index (χ1n) is 9.48. The summed E-state index contributed by atoms with van der Waals surface area (Å²) in [7, 11) is 1.95. The second-order valence-electron chi connectivity index (χ2n) is 6.87. The molecule has 8 heteroatoms. The molecule has 1 fully saturated rings. The third kappa shape index (κ3) is 5.82. The fraction of sp³-hybridized carbons (Fsp3) is 0.450. The molecule has 1 unspecified atom stereocenters. The predicted octanol–water partition coefficient (Wildman–Crippen LogP) is 3.33. The van der Waals surface area contributed by atoms with Crippen LogP contribution >= 0.6 is 0 Å². The van der Waals surface area contributed by atoms with E-state index >= 15 is 0 Å². The van der Waals surface area contributed by atoms with Gasteiger partial charge in [-0.25, -0.2) is 4.99 Å². The highest BCUT2D eigenvalue weighted by Crippen LogP contribution is 2.14. The lowest BCUT2D eigenvalue weighted by molar-refractivity contribution is -0.384. The minimum atomic E-state index is -0.401. The zero-order valence-corrected chi connectivity index (χ0v) is 16.0. The number of benzene rings is 1. The van der Waals surface area contributed by atoms with Crippen molar-refractivity contribution in [1.82, 2.24) is 10.2 Å². The first-order chi connectivity index (χ1) is 13.6. The van der Waals surface area contributed by atoms with Crippen molar-refractivity contribution < 1.29 is 14.1 Å². The van der Waals surface area contributed by atoms with E-state index in [9.17, 15) is 10.1 Å². The van der Waals surface area contributed by atoms with E-state index in [4.69, 9.17) is 14.1 Å². The summed E-state index contributed by atoms with van der Waals surface area (Å²) in [5, 5.41) is 14.2. The van der Waals surface area contributed by atoms with Crippen LogP contribution in [0, 0.1) is 10.1 Å². The van der Waals surface area contributed by atoms with Crippen LogP contribution in [-0.4, -0.2) is 42.1 Å². The van der Waals surface area contributed by atoms with Gasteiger partial charge in [0.1, 0.15) is 5.76 Å². The minimum Gasteiger partial charge on any atom is -0.467 e. The van der Waals surface area contributed by atoms with E-state index in [1.807, 2.05) is 24.1 Å². The molecule has 1 aliphatic rings. The molecule has 0 bridgehead atoms. The molecule has 1 N–H and O–H groups in total. The van der Waals surface area contributed by atoms with Gasteiger partial charge in [-0.3, -0.25) is 10.1 Å². The molecule has 2 heterocycles. The summed E-state index contributed by atoms with van der Waals surface area (Å²) in [4.78, 5) is 17.1. The Bertz CT molecular complexity index is 768. The number of guanidine groups is 1. The molecule has 1 aliphatic heterocycles. The molecule has 1 saturated heterocycles. The zero-order chi connectivity index (χ0) is 19.8. The molecule has 1 aromatic carbocycles. The molecule has 3 rings (SSSR count).